The maximum Gasteiger partial charge on any atom is 0.309 e. The Kier molecular flexibility index (Phi) is 5.52. The van der Waals surface area contributed by atoms with Crippen LogP contribution in [-0.4, -0.2) is 25.2 Å². The lowest BCUT2D eigenvalue weighted by atomic mass is 9.73. The minimum Gasteiger partial charge on any atom is -0.454 e. The average molecular weight is 401 g/mol. The summed E-state index contributed by atoms with van der Waals surface area (Å²) >= 11 is 1.73. The van der Waals surface area contributed by atoms with Crippen LogP contribution in [0.4, 0.5) is 0 Å². The van der Waals surface area contributed by atoms with E-state index in [2.05, 4.69) is 28.1 Å². The van der Waals surface area contributed by atoms with Crippen LogP contribution in [0.1, 0.15) is 42.5 Å². The number of hydrogen-bond acceptors (Lipinski definition) is 5. The number of carbonyl (C=O) groups excluding carboxylic acids is 2. The van der Waals surface area contributed by atoms with Crippen molar-refractivity contribution in [1.82, 2.24) is 10.6 Å². The molecule has 4 rings (SSSR count). The fraction of sp³-hybridized carbons (Fsp3) is 0.429. The van der Waals surface area contributed by atoms with Crippen molar-refractivity contribution in [2.24, 2.45) is 0 Å². The van der Waals surface area contributed by atoms with E-state index in [0.29, 0.717) is 18.0 Å². The van der Waals surface area contributed by atoms with Gasteiger partial charge in [0.1, 0.15) is 0 Å². The number of ether oxygens (including phenoxy) is 2. The maximum absolute atomic E-state index is 12.3. The van der Waals surface area contributed by atoms with E-state index in [4.69, 9.17) is 9.47 Å². The van der Waals surface area contributed by atoms with Gasteiger partial charge in [0, 0.05) is 23.4 Å². The molecule has 2 N–H and O–H groups in total. The Balaban J connectivity index is 1.32. The highest BCUT2D eigenvalue weighted by atomic mass is 32.1. The van der Waals surface area contributed by atoms with Gasteiger partial charge in [0.25, 0.3) is 0 Å². The van der Waals surface area contributed by atoms with Gasteiger partial charge in [0.05, 0.1) is 0 Å². The maximum atomic E-state index is 12.3. The molecule has 2 aliphatic rings. The van der Waals surface area contributed by atoms with Crippen molar-refractivity contribution in [3.63, 3.8) is 0 Å². The van der Waals surface area contributed by atoms with Gasteiger partial charge in [-0.25, -0.2) is 0 Å². The second-order valence-corrected chi connectivity index (χ2v) is 8.32. The Labute approximate surface area is 168 Å². The molecule has 0 spiro atoms. The van der Waals surface area contributed by atoms with E-state index >= 15 is 0 Å². The van der Waals surface area contributed by atoms with Crippen LogP contribution in [0.5, 0.6) is 11.5 Å². The van der Waals surface area contributed by atoms with Crippen molar-refractivity contribution < 1.29 is 19.1 Å². The first-order valence-corrected chi connectivity index (χ1v) is 10.5. The van der Waals surface area contributed by atoms with E-state index in [9.17, 15) is 9.59 Å². The van der Waals surface area contributed by atoms with Gasteiger partial charge in [-0.05, 0) is 42.0 Å². The Morgan fingerprint density at radius 1 is 1.00 bits per heavy atom. The average Bonchev–Trinajstić information content (AvgIpc) is 3.42. The Morgan fingerprint density at radius 3 is 2.57 bits per heavy atom. The minimum absolute atomic E-state index is 0.0420. The topological polar surface area (TPSA) is 76.7 Å². The molecule has 1 aromatic heterocycles. The van der Waals surface area contributed by atoms with E-state index in [1.807, 2.05) is 12.1 Å². The molecule has 1 aliphatic carbocycles. The van der Waals surface area contributed by atoms with Gasteiger partial charge in [0.2, 0.25) is 6.79 Å². The number of carbonyl (C=O) groups is 2. The Morgan fingerprint density at radius 2 is 1.79 bits per heavy atom. The summed E-state index contributed by atoms with van der Waals surface area (Å²) in [6.07, 6.45) is 5.64. The minimum atomic E-state index is -0.616. The summed E-state index contributed by atoms with van der Waals surface area (Å²) < 4.78 is 10.6. The third kappa shape index (κ3) is 3.99. The van der Waals surface area contributed by atoms with Crippen molar-refractivity contribution in [3.8, 4) is 11.5 Å². The number of hydrogen-bond donors (Lipinski definition) is 2. The molecule has 6 nitrogen and oxygen atoms in total. The van der Waals surface area contributed by atoms with Gasteiger partial charge in [-0.15, -0.1) is 11.3 Å². The van der Waals surface area contributed by atoms with Gasteiger partial charge >= 0.3 is 11.8 Å². The van der Waals surface area contributed by atoms with Gasteiger partial charge in [-0.3, -0.25) is 9.59 Å². The fourth-order valence-corrected chi connectivity index (χ4v) is 4.95. The van der Waals surface area contributed by atoms with Gasteiger partial charge < -0.3 is 20.1 Å². The second-order valence-electron chi connectivity index (χ2n) is 7.37. The van der Waals surface area contributed by atoms with Crippen LogP contribution in [-0.2, 0) is 21.5 Å². The number of nitrogens with one attached hydrogen (secondary N) is 2. The lowest BCUT2D eigenvalue weighted by Gasteiger charge is -2.36. The predicted molar refractivity (Wildman–Crippen MR) is 107 cm³/mol. The van der Waals surface area contributed by atoms with Crippen molar-refractivity contribution in [1.29, 1.82) is 0 Å². The number of thiophene rings is 1. The van der Waals surface area contributed by atoms with Crippen molar-refractivity contribution in [2.75, 3.05) is 13.3 Å². The Bertz CT molecular complexity index is 844. The molecule has 148 valence electrons. The van der Waals surface area contributed by atoms with Crippen LogP contribution in [0.15, 0.2) is 35.7 Å². The molecular weight excluding hydrogens is 376 g/mol. The zero-order valence-electron chi connectivity index (χ0n) is 15.7. The fourth-order valence-electron chi connectivity index (χ4n) is 3.96. The SMILES string of the molecule is O=C(NCc1ccc2c(c1)OCO2)C(=O)NCC1(c2cccs2)CCCCC1. The van der Waals surface area contributed by atoms with E-state index in [-0.39, 0.29) is 18.8 Å². The van der Waals surface area contributed by atoms with Crippen molar-refractivity contribution >= 4 is 23.2 Å². The highest BCUT2D eigenvalue weighted by Gasteiger charge is 2.35. The predicted octanol–water partition coefficient (Wildman–Crippen LogP) is 3.11. The molecule has 0 unspecified atom stereocenters. The zero-order valence-corrected chi connectivity index (χ0v) is 16.5. The highest BCUT2D eigenvalue weighted by molar-refractivity contribution is 7.10. The van der Waals surface area contributed by atoms with Crippen molar-refractivity contribution in [2.45, 2.75) is 44.1 Å². The largest absolute Gasteiger partial charge is 0.454 e. The first kappa shape index (κ1) is 18.8. The summed E-state index contributed by atoms with van der Waals surface area (Å²) in [5, 5.41) is 7.63. The van der Waals surface area contributed by atoms with Gasteiger partial charge in [-0.1, -0.05) is 31.4 Å². The van der Waals surface area contributed by atoms with Crippen LogP contribution in [0.2, 0.25) is 0 Å². The first-order valence-electron chi connectivity index (χ1n) is 9.65. The number of rotatable bonds is 5. The number of benzene rings is 1. The first-order chi connectivity index (χ1) is 13.7. The van der Waals surface area contributed by atoms with Gasteiger partial charge in [-0.2, -0.15) is 0 Å². The molecule has 1 fully saturated rings. The smallest absolute Gasteiger partial charge is 0.309 e. The summed E-state index contributed by atoms with van der Waals surface area (Å²) in [5.74, 6) is 0.155. The summed E-state index contributed by atoms with van der Waals surface area (Å²) in [4.78, 5) is 25.9. The number of fused-ring (bicyclic) bond motifs is 1. The summed E-state index contributed by atoms with van der Waals surface area (Å²) in [7, 11) is 0. The molecule has 7 heteroatoms. The van der Waals surface area contributed by atoms with Crippen LogP contribution in [0.3, 0.4) is 0 Å². The molecule has 2 aromatic rings. The number of amides is 2. The molecule has 1 aromatic carbocycles. The van der Waals surface area contributed by atoms with E-state index in [0.717, 1.165) is 31.2 Å². The lowest BCUT2D eigenvalue weighted by Crippen LogP contribution is -2.46. The van der Waals surface area contributed by atoms with E-state index < -0.39 is 11.8 Å². The standard InChI is InChI=1S/C21H24N2O4S/c24-19(22-12-15-6-7-16-17(11-15)27-14-26-16)20(25)23-13-21(8-2-1-3-9-21)18-5-4-10-28-18/h4-7,10-11H,1-3,8-9,12-14H2,(H,22,24)(H,23,25). The quantitative estimate of drug-likeness (QED) is 0.756. The molecule has 1 saturated carbocycles. The van der Waals surface area contributed by atoms with E-state index in [1.54, 1.807) is 17.4 Å². The Hall–Kier alpha value is -2.54. The normalized spacial score (nSPS) is 17.1. The summed E-state index contributed by atoms with van der Waals surface area (Å²) in [6, 6.07) is 9.66. The lowest BCUT2D eigenvalue weighted by molar-refractivity contribution is -0.139. The highest BCUT2D eigenvalue weighted by Crippen LogP contribution is 2.41. The molecule has 0 saturated heterocycles. The monoisotopic (exact) mass is 400 g/mol. The summed E-state index contributed by atoms with van der Waals surface area (Å²) in [6.45, 7) is 0.974. The van der Waals surface area contributed by atoms with Crippen molar-refractivity contribution in [3.05, 3.63) is 46.2 Å². The molecular formula is C21H24N2O4S. The molecule has 0 bridgehead atoms. The molecule has 1 aliphatic heterocycles. The molecule has 0 radical (unpaired) electrons. The third-order valence-corrected chi connectivity index (χ3v) is 6.65. The van der Waals surface area contributed by atoms with Gasteiger partial charge in [0.15, 0.2) is 11.5 Å². The van der Waals surface area contributed by atoms with Crippen LogP contribution in [0.25, 0.3) is 0 Å². The molecule has 2 amide bonds. The zero-order chi connectivity index (χ0) is 19.4. The van der Waals surface area contributed by atoms with Crippen LogP contribution in [0, 0.1) is 0 Å². The van der Waals surface area contributed by atoms with Crippen LogP contribution < -0.4 is 20.1 Å². The molecule has 28 heavy (non-hydrogen) atoms. The summed E-state index contributed by atoms with van der Waals surface area (Å²) in [5.41, 5.74) is 0.812. The third-order valence-electron chi connectivity index (χ3n) is 5.54. The molecule has 2 heterocycles. The van der Waals surface area contributed by atoms with E-state index in [1.165, 1.54) is 11.3 Å². The second kappa shape index (κ2) is 8.22. The van der Waals surface area contributed by atoms with Crippen LogP contribution >= 0.6 is 11.3 Å². The molecule has 0 atom stereocenters.